The van der Waals surface area contributed by atoms with Gasteiger partial charge in [0.05, 0.1) is 11.7 Å². The van der Waals surface area contributed by atoms with E-state index in [9.17, 15) is 0 Å². The maximum absolute atomic E-state index is 6.18. The standard InChI is InChI=1S/C24H28ClN5OS/c1-27-23(18-31-22-12-6-5-11-21(22)25)26-30(24(27)32)19-29-16-14-28(15-17-29)13-7-10-20-8-3-2-4-9-20/h2-12H,13-19H2,1H3/b10-7+. The summed E-state index contributed by atoms with van der Waals surface area (Å²) in [5.41, 5.74) is 1.24. The van der Waals surface area contributed by atoms with Gasteiger partial charge in [-0.1, -0.05) is 66.2 Å². The van der Waals surface area contributed by atoms with Gasteiger partial charge < -0.3 is 9.30 Å². The van der Waals surface area contributed by atoms with Gasteiger partial charge in [-0.25, -0.2) is 4.68 Å². The highest BCUT2D eigenvalue weighted by Crippen LogP contribution is 2.23. The molecule has 0 radical (unpaired) electrons. The van der Waals surface area contributed by atoms with E-state index in [-0.39, 0.29) is 0 Å². The van der Waals surface area contributed by atoms with Crippen molar-refractivity contribution < 1.29 is 4.74 Å². The Kier molecular flexibility index (Phi) is 7.76. The second-order valence-electron chi connectivity index (χ2n) is 7.85. The van der Waals surface area contributed by atoms with E-state index < -0.39 is 0 Å². The van der Waals surface area contributed by atoms with E-state index in [0.717, 1.165) is 38.5 Å². The van der Waals surface area contributed by atoms with Crippen LogP contribution in [0, 0.1) is 4.77 Å². The van der Waals surface area contributed by atoms with E-state index in [2.05, 4.69) is 46.2 Å². The molecule has 1 saturated heterocycles. The zero-order valence-corrected chi connectivity index (χ0v) is 19.8. The predicted molar refractivity (Wildman–Crippen MR) is 131 cm³/mol. The molecule has 6 nitrogen and oxygen atoms in total. The van der Waals surface area contributed by atoms with E-state index in [1.165, 1.54) is 5.56 Å². The van der Waals surface area contributed by atoms with Crippen LogP contribution < -0.4 is 4.74 Å². The molecule has 0 saturated carbocycles. The Balaban J connectivity index is 1.27. The zero-order valence-electron chi connectivity index (χ0n) is 18.2. The van der Waals surface area contributed by atoms with Gasteiger partial charge in [0.2, 0.25) is 0 Å². The third-order valence-corrected chi connectivity index (χ3v) is 6.39. The molecule has 1 aliphatic heterocycles. The summed E-state index contributed by atoms with van der Waals surface area (Å²) in [7, 11) is 1.92. The number of aromatic nitrogens is 3. The van der Waals surface area contributed by atoms with Crippen LogP contribution in [0.1, 0.15) is 11.4 Å². The van der Waals surface area contributed by atoms with E-state index in [4.69, 9.17) is 33.7 Å². The lowest BCUT2D eigenvalue weighted by Crippen LogP contribution is -2.46. The van der Waals surface area contributed by atoms with Crippen LogP contribution in [0.5, 0.6) is 5.75 Å². The number of ether oxygens (including phenoxy) is 1. The third-order valence-electron chi connectivity index (χ3n) is 5.60. The van der Waals surface area contributed by atoms with Gasteiger partial charge in [-0.3, -0.25) is 9.80 Å². The fourth-order valence-corrected chi connectivity index (χ4v) is 4.05. The number of nitrogens with zero attached hydrogens (tertiary/aromatic N) is 5. The normalized spacial score (nSPS) is 15.4. The molecule has 3 aromatic rings. The molecule has 2 aromatic carbocycles. The van der Waals surface area contributed by atoms with Crippen molar-refractivity contribution in [1.29, 1.82) is 0 Å². The average molecular weight is 470 g/mol. The molecule has 0 atom stereocenters. The van der Waals surface area contributed by atoms with E-state index >= 15 is 0 Å². The minimum Gasteiger partial charge on any atom is -0.484 e. The van der Waals surface area contributed by atoms with Crippen molar-refractivity contribution in [3.8, 4) is 5.75 Å². The Bertz CT molecular complexity index is 1100. The molecule has 0 amide bonds. The highest BCUT2D eigenvalue weighted by Gasteiger charge is 2.18. The maximum atomic E-state index is 6.18. The van der Waals surface area contributed by atoms with Gasteiger partial charge in [0.1, 0.15) is 12.4 Å². The fourth-order valence-electron chi connectivity index (χ4n) is 3.66. The number of benzene rings is 2. The molecule has 168 valence electrons. The summed E-state index contributed by atoms with van der Waals surface area (Å²) >= 11 is 11.8. The van der Waals surface area contributed by atoms with Crippen molar-refractivity contribution in [2.75, 3.05) is 32.7 Å². The highest BCUT2D eigenvalue weighted by atomic mass is 35.5. The summed E-state index contributed by atoms with van der Waals surface area (Å²) in [5, 5.41) is 5.28. The summed E-state index contributed by atoms with van der Waals surface area (Å²) < 4.78 is 10.3. The van der Waals surface area contributed by atoms with E-state index in [1.807, 2.05) is 46.6 Å². The monoisotopic (exact) mass is 469 g/mol. The number of piperazine rings is 1. The predicted octanol–water partition coefficient (Wildman–Crippen LogP) is 4.47. The first-order valence-electron chi connectivity index (χ1n) is 10.8. The van der Waals surface area contributed by atoms with Crippen molar-refractivity contribution in [2.24, 2.45) is 7.05 Å². The van der Waals surface area contributed by atoms with Crippen LogP contribution in [0.3, 0.4) is 0 Å². The van der Waals surface area contributed by atoms with Crippen molar-refractivity contribution in [3.05, 3.63) is 81.9 Å². The van der Waals surface area contributed by atoms with Crippen LogP contribution in [-0.4, -0.2) is 56.9 Å². The van der Waals surface area contributed by atoms with Gasteiger partial charge >= 0.3 is 0 Å². The third kappa shape index (κ3) is 5.86. The van der Waals surface area contributed by atoms with Crippen LogP contribution in [0.2, 0.25) is 5.02 Å². The molecule has 0 spiro atoms. The minimum absolute atomic E-state index is 0.318. The minimum atomic E-state index is 0.318. The maximum Gasteiger partial charge on any atom is 0.198 e. The van der Waals surface area contributed by atoms with Crippen molar-refractivity contribution >= 4 is 29.9 Å². The molecule has 1 aliphatic rings. The number of hydrogen-bond donors (Lipinski definition) is 0. The average Bonchev–Trinajstić information content (AvgIpc) is 3.08. The van der Waals surface area contributed by atoms with Crippen molar-refractivity contribution in [3.63, 3.8) is 0 Å². The van der Waals surface area contributed by atoms with Crippen molar-refractivity contribution in [2.45, 2.75) is 13.3 Å². The fraction of sp³-hybridized carbons (Fsp3) is 0.333. The molecule has 0 N–H and O–H groups in total. The molecular weight excluding hydrogens is 442 g/mol. The summed E-state index contributed by atoms with van der Waals surface area (Å²) in [5.74, 6) is 1.42. The van der Waals surface area contributed by atoms with Crippen LogP contribution >= 0.6 is 23.8 Å². The van der Waals surface area contributed by atoms with Gasteiger partial charge in [-0.2, -0.15) is 5.10 Å². The summed E-state index contributed by atoms with van der Waals surface area (Å²) in [6.45, 7) is 6.01. The first kappa shape index (κ1) is 22.7. The second-order valence-corrected chi connectivity index (χ2v) is 8.62. The number of para-hydroxylation sites is 1. The molecule has 4 rings (SSSR count). The second kappa shape index (κ2) is 10.9. The molecule has 1 aromatic heterocycles. The van der Waals surface area contributed by atoms with Crippen LogP contribution in [0.25, 0.3) is 6.08 Å². The Morgan fingerprint density at radius 2 is 1.69 bits per heavy atom. The Morgan fingerprint density at radius 1 is 1.00 bits per heavy atom. The Morgan fingerprint density at radius 3 is 2.44 bits per heavy atom. The number of hydrogen-bond acceptors (Lipinski definition) is 5. The lowest BCUT2D eigenvalue weighted by atomic mass is 10.2. The molecular formula is C24H28ClN5OS. The molecule has 32 heavy (non-hydrogen) atoms. The molecule has 0 bridgehead atoms. The Hall–Kier alpha value is -2.45. The molecule has 0 unspecified atom stereocenters. The molecule has 0 aliphatic carbocycles. The molecule has 8 heteroatoms. The smallest absolute Gasteiger partial charge is 0.198 e. The SMILES string of the molecule is Cn1c(COc2ccccc2Cl)nn(CN2CCN(C/C=C/c3ccccc3)CC2)c1=S. The molecule has 2 heterocycles. The zero-order chi connectivity index (χ0) is 22.3. The van der Waals surface area contributed by atoms with Gasteiger partial charge in [-0.15, -0.1) is 0 Å². The van der Waals surface area contributed by atoms with Gasteiger partial charge in [0.15, 0.2) is 10.6 Å². The van der Waals surface area contributed by atoms with Crippen LogP contribution in [0.15, 0.2) is 60.7 Å². The van der Waals surface area contributed by atoms with Gasteiger partial charge in [0.25, 0.3) is 0 Å². The summed E-state index contributed by atoms with van der Waals surface area (Å²) in [6, 6.07) is 17.9. The largest absolute Gasteiger partial charge is 0.484 e. The summed E-state index contributed by atoms with van der Waals surface area (Å²) in [6.07, 6.45) is 4.43. The van der Waals surface area contributed by atoms with E-state index in [1.54, 1.807) is 0 Å². The van der Waals surface area contributed by atoms with Gasteiger partial charge in [0, 0.05) is 39.8 Å². The summed E-state index contributed by atoms with van der Waals surface area (Å²) in [4.78, 5) is 4.86. The number of halogens is 1. The topological polar surface area (TPSA) is 38.5 Å². The first-order chi connectivity index (χ1) is 15.6. The number of rotatable bonds is 8. The van der Waals surface area contributed by atoms with Gasteiger partial charge in [-0.05, 0) is 29.9 Å². The first-order valence-corrected chi connectivity index (χ1v) is 11.5. The Labute approximate surface area is 199 Å². The lowest BCUT2D eigenvalue weighted by Gasteiger charge is -2.33. The van der Waals surface area contributed by atoms with Crippen molar-refractivity contribution in [1.82, 2.24) is 24.1 Å². The quantitative estimate of drug-likeness (QED) is 0.455. The van der Waals surface area contributed by atoms with Crippen LogP contribution in [-0.2, 0) is 20.3 Å². The highest BCUT2D eigenvalue weighted by molar-refractivity contribution is 7.71. The van der Waals surface area contributed by atoms with Crippen LogP contribution in [0.4, 0.5) is 0 Å². The molecule has 1 fully saturated rings. The lowest BCUT2D eigenvalue weighted by molar-refractivity contribution is 0.110. The van der Waals surface area contributed by atoms with E-state index in [0.29, 0.717) is 28.8 Å².